The van der Waals surface area contributed by atoms with Crippen LogP contribution in [-0.4, -0.2) is 28.8 Å². The molecule has 0 bridgehead atoms. The van der Waals surface area contributed by atoms with Crippen LogP contribution in [0.2, 0.25) is 0 Å². The molecule has 0 amide bonds. The normalized spacial score (nSPS) is 12.0. The standard InChI is InChI=1S/C11H5F4N3O5S/c12-6-4-16-10(17-5-6)7-2-1-3-8(18(19)20)9(7)23-24(21,22)11(13,14)15/h1-5H. The number of alkyl halides is 3. The van der Waals surface area contributed by atoms with Gasteiger partial charge in [-0.05, 0) is 6.07 Å². The molecule has 0 aliphatic carbocycles. The molecule has 1 heterocycles. The second kappa shape index (κ2) is 5.99. The molecular weight excluding hydrogens is 362 g/mol. The molecule has 0 atom stereocenters. The molecule has 24 heavy (non-hydrogen) atoms. The molecule has 2 rings (SSSR count). The van der Waals surface area contributed by atoms with Crippen molar-refractivity contribution in [2.24, 2.45) is 0 Å². The Morgan fingerprint density at radius 1 is 1.17 bits per heavy atom. The minimum Gasteiger partial charge on any atom is -0.368 e. The topological polar surface area (TPSA) is 112 Å². The summed E-state index contributed by atoms with van der Waals surface area (Å²) in [6, 6.07) is 2.77. The number of rotatable bonds is 4. The molecule has 0 N–H and O–H groups in total. The fraction of sp³-hybridized carbons (Fsp3) is 0.0909. The Balaban J connectivity index is 2.67. The van der Waals surface area contributed by atoms with Crippen LogP contribution >= 0.6 is 0 Å². The van der Waals surface area contributed by atoms with Crippen molar-refractivity contribution in [1.29, 1.82) is 0 Å². The van der Waals surface area contributed by atoms with Gasteiger partial charge in [-0.3, -0.25) is 10.1 Å². The molecule has 0 unspecified atom stereocenters. The van der Waals surface area contributed by atoms with Crippen LogP contribution < -0.4 is 4.18 Å². The van der Waals surface area contributed by atoms with Gasteiger partial charge in [-0.2, -0.15) is 21.6 Å². The van der Waals surface area contributed by atoms with Crippen LogP contribution in [0.25, 0.3) is 11.4 Å². The Morgan fingerprint density at radius 2 is 1.75 bits per heavy atom. The van der Waals surface area contributed by atoms with Crippen molar-refractivity contribution in [3.8, 4) is 17.1 Å². The Hall–Kier alpha value is -2.83. The second-order valence-corrected chi connectivity index (χ2v) is 5.66. The van der Waals surface area contributed by atoms with E-state index >= 15 is 0 Å². The SMILES string of the molecule is O=[N+]([O-])c1cccc(-c2ncc(F)cn2)c1OS(=O)(=O)C(F)(F)F. The highest BCUT2D eigenvalue weighted by Gasteiger charge is 2.49. The Bertz CT molecular complexity index is 884. The lowest BCUT2D eigenvalue weighted by Gasteiger charge is -2.12. The first-order valence-corrected chi connectivity index (χ1v) is 7.20. The van der Waals surface area contributed by atoms with Gasteiger partial charge in [0.25, 0.3) is 0 Å². The maximum absolute atomic E-state index is 12.8. The van der Waals surface area contributed by atoms with Crippen LogP contribution in [0.5, 0.6) is 5.75 Å². The number of benzene rings is 1. The highest BCUT2D eigenvalue weighted by Crippen LogP contribution is 2.39. The number of nitrogens with zero attached hydrogens (tertiary/aromatic N) is 3. The maximum atomic E-state index is 12.8. The zero-order valence-electron chi connectivity index (χ0n) is 11.2. The number of nitro benzene ring substituents is 1. The van der Waals surface area contributed by atoms with Crippen molar-refractivity contribution in [3.63, 3.8) is 0 Å². The van der Waals surface area contributed by atoms with Crippen LogP contribution in [0.15, 0.2) is 30.6 Å². The summed E-state index contributed by atoms with van der Waals surface area (Å²) in [7, 11) is -6.18. The summed E-state index contributed by atoms with van der Waals surface area (Å²) in [5.41, 5.74) is -7.40. The van der Waals surface area contributed by atoms with E-state index in [2.05, 4.69) is 14.2 Å². The van der Waals surface area contributed by atoms with Gasteiger partial charge in [0.1, 0.15) is 0 Å². The van der Waals surface area contributed by atoms with Crippen molar-refractivity contribution in [2.45, 2.75) is 5.51 Å². The molecule has 2 aromatic rings. The second-order valence-electron chi connectivity index (χ2n) is 4.12. The van der Waals surface area contributed by atoms with E-state index in [1.807, 2.05) is 0 Å². The van der Waals surface area contributed by atoms with Crippen LogP contribution in [0.1, 0.15) is 0 Å². The van der Waals surface area contributed by atoms with Gasteiger partial charge in [0, 0.05) is 6.07 Å². The number of para-hydroxylation sites is 1. The zero-order chi connectivity index (χ0) is 18.1. The highest BCUT2D eigenvalue weighted by molar-refractivity contribution is 7.88. The fourth-order valence-corrected chi connectivity index (χ4v) is 2.03. The van der Waals surface area contributed by atoms with Gasteiger partial charge >= 0.3 is 21.3 Å². The van der Waals surface area contributed by atoms with E-state index in [1.165, 1.54) is 0 Å². The predicted octanol–water partition coefficient (Wildman–Crippen LogP) is 2.42. The van der Waals surface area contributed by atoms with E-state index in [0.717, 1.165) is 18.2 Å². The van der Waals surface area contributed by atoms with Crippen LogP contribution in [0, 0.1) is 15.9 Å². The Morgan fingerprint density at radius 3 is 2.25 bits per heavy atom. The van der Waals surface area contributed by atoms with Gasteiger partial charge in [0.05, 0.1) is 22.9 Å². The van der Waals surface area contributed by atoms with Gasteiger partial charge in [-0.15, -0.1) is 0 Å². The van der Waals surface area contributed by atoms with Crippen LogP contribution in [0.4, 0.5) is 23.2 Å². The number of aromatic nitrogens is 2. The predicted molar refractivity (Wildman–Crippen MR) is 69.7 cm³/mol. The van der Waals surface area contributed by atoms with Gasteiger partial charge in [-0.25, -0.2) is 14.4 Å². The minimum absolute atomic E-state index is 0.465. The number of hydrogen-bond donors (Lipinski definition) is 0. The third-order valence-corrected chi connectivity index (χ3v) is 3.48. The summed E-state index contributed by atoms with van der Waals surface area (Å²) in [5.74, 6) is -2.58. The molecule has 0 aliphatic rings. The number of nitro groups is 1. The molecule has 0 spiro atoms. The molecule has 1 aromatic heterocycles. The van der Waals surface area contributed by atoms with E-state index < -0.39 is 49.2 Å². The fourth-order valence-electron chi connectivity index (χ4n) is 1.54. The van der Waals surface area contributed by atoms with E-state index in [9.17, 15) is 36.1 Å². The van der Waals surface area contributed by atoms with Crippen molar-refractivity contribution in [3.05, 3.63) is 46.5 Å². The molecule has 0 fully saturated rings. The minimum atomic E-state index is -6.18. The Kier molecular flexibility index (Phi) is 4.38. The molecule has 8 nitrogen and oxygen atoms in total. The lowest BCUT2D eigenvalue weighted by Crippen LogP contribution is -2.28. The lowest BCUT2D eigenvalue weighted by atomic mass is 10.1. The van der Waals surface area contributed by atoms with Crippen molar-refractivity contribution in [1.82, 2.24) is 9.97 Å². The smallest absolute Gasteiger partial charge is 0.368 e. The van der Waals surface area contributed by atoms with Gasteiger partial charge in [-0.1, -0.05) is 6.07 Å². The highest BCUT2D eigenvalue weighted by atomic mass is 32.2. The average molecular weight is 367 g/mol. The Labute approximate surface area is 131 Å². The number of hydrogen-bond acceptors (Lipinski definition) is 7. The molecule has 13 heteroatoms. The summed E-state index contributed by atoms with van der Waals surface area (Å²) in [6.45, 7) is 0. The number of halogens is 4. The monoisotopic (exact) mass is 367 g/mol. The molecule has 0 aliphatic heterocycles. The van der Waals surface area contributed by atoms with E-state index in [0.29, 0.717) is 12.4 Å². The molecule has 0 saturated heterocycles. The van der Waals surface area contributed by atoms with Crippen molar-refractivity contribution in [2.75, 3.05) is 0 Å². The summed E-state index contributed by atoms with van der Waals surface area (Å²) in [5, 5.41) is 10.9. The van der Waals surface area contributed by atoms with Crippen molar-refractivity contribution >= 4 is 15.8 Å². The maximum Gasteiger partial charge on any atom is 0.534 e. The van der Waals surface area contributed by atoms with E-state index in [1.54, 1.807) is 0 Å². The average Bonchev–Trinajstić information content (AvgIpc) is 2.46. The van der Waals surface area contributed by atoms with Gasteiger partial charge in [0.2, 0.25) is 5.75 Å². The van der Waals surface area contributed by atoms with E-state index in [4.69, 9.17) is 0 Å². The van der Waals surface area contributed by atoms with E-state index in [-0.39, 0.29) is 0 Å². The lowest BCUT2D eigenvalue weighted by molar-refractivity contribution is -0.385. The van der Waals surface area contributed by atoms with Gasteiger partial charge in [0.15, 0.2) is 11.6 Å². The molecule has 128 valence electrons. The molecule has 0 radical (unpaired) electrons. The summed E-state index contributed by atoms with van der Waals surface area (Å²) in [6.07, 6.45) is 1.28. The molecule has 0 saturated carbocycles. The summed E-state index contributed by atoms with van der Waals surface area (Å²) >= 11 is 0. The first kappa shape index (κ1) is 17.5. The van der Waals surface area contributed by atoms with Crippen LogP contribution in [0.3, 0.4) is 0 Å². The van der Waals surface area contributed by atoms with Gasteiger partial charge < -0.3 is 4.18 Å². The van der Waals surface area contributed by atoms with Crippen LogP contribution in [-0.2, 0) is 10.1 Å². The molecule has 1 aromatic carbocycles. The summed E-state index contributed by atoms with van der Waals surface area (Å²) in [4.78, 5) is 16.7. The third-order valence-electron chi connectivity index (χ3n) is 2.53. The zero-order valence-corrected chi connectivity index (χ0v) is 12.0. The first-order valence-electron chi connectivity index (χ1n) is 5.79. The molecular formula is C11H5F4N3O5S. The quantitative estimate of drug-likeness (QED) is 0.268. The third kappa shape index (κ3) is 3.40. The largest absolute Gasteiger partial charge is 0.534 e. The summed E-state index contributed by atoms with van der Waals surface area (Å²) < 4.78 is 76.5. The first-order chi connectivity index (χ1) is 11.0. The van der Waals surface area contributed by atoms with Crippen molar-refractivity contribution < 1.29 is 35.1 Å².